The predicted octanol–water partition coefficient (Wildman–Crippen LogP) is 1.97. The van der Waals surface area contributed by atoms with E-state index in [2.05, 4.69) is 14.1 Å². The van der Waals surface area contributed by atoms with E-state index in [1.54, 1.807) is 0 Å². The quantitative estimate of drug-likeness (QED) is 0.325. The van der Waals surface area contributed by atoms with Crippen LogP contribution in [-0.2, 0) is 23.4 Å². The van der Waals surface area contributed by atoms with E-state index >= 15 is 0 Å². The fraction of sp³-hybridized carbons (Fsp3) is 0.857. The number of carbonyl (C=O) groups is 1. The average molecular weight is 260 g/mol. The molecule has 6 nitrogen and oxygen atoms in total. The van der Waals surface area contributed by atoms with E-state index in [1.165, 1.54) is 6.92 Å². The van der Waals surface area contributed by atoms with Gasteiger partial charge in [-0.1, -0.05) is 13.3 Å². The van der Waals surface area contributed by atoms with Crippen LogP contribution >= 0.6 is 18.2 Å². The van der Waals surface area contributed by atoms with Crippen LogP contribution in [0.3, 0.4) is 0 Å². The van der Waals surface area contributed by atoms with Crippen LogP contribution in [-0.4, -0.2) is 18.6 Å². The Morgan fingerprint density at radius 2 is 2.20 bits per heavy atom. The summed E-state index contributed by atoms with van der Waals surface area (Å²) in [5.74, 6) is -0.910. The highest BCUT2D eigenvalue weighted by molar-refractivity contribution is 7.81. The lowest BCUT2D eigenvalue weighted by molar-refractivity contribution is -0.212. The second-order valence-electron chi connectivity index (χ2n) is 2.88. The van der Waals surface area contributed by atoms with Crippen molar-refractivity contribution in [1.82, 2.24) is 0 Å². The number of halogens is 1. The summed E-state index contributed by atoms with van der Waals surface area (Å²) in [5, 5.41) is 0. The van der Waals surface area contributed by atoms with Crippen LogP contribution in [0.5, 0.6) is 0 Å². The Labute approximate surface area is 93.3 Å². The van der Waals surface area contributed by atoms with Crippen LogP contribution in [0.4, 0.5) is 0 Å². The van der Waals surface area contributed by atoms with Crippen molar-refractivity contribution in [3.05, 3.63) is 0 Å². The molecule has 0 saturated carbocycles. The third kappa shape index (κ3) is 7.76. The first-order chi connectivity index (χ1) is 6.89. The Morgan fingerprint density at radius 3 is 2.67 bits per heavy atom. The normalized spacial score (nSPS) is 16.8. The Bertz CT molecular complexity index is 248. The molecule has 0 spiro atoms. The number of carbonyl (C=O) groups excluding carboxylic acids is 1. The Morgan fingerprint density at radius 1 is 1.60 bits per heavy atom. The number of hydrogen-bond donors (Lipinski definition) is 1. The fourth-order valence-electron chi connectivity index (χ4n) is 0.509. The van der Waals surface area contributed by atoms with E-state index in [0.29, 0.717) is 0 Å². The minimum atomic E-state index is -4.02. The Hall–Kier alpha value is -0.130. The van der Waals surface area contributed by atoms with Crippen LogP contribution < -0.4 is 5.73 Å². The maximum Gasteiger partial charge on any atom is 0.505 e. The summed E-state index contributed by atoms with van der Waals surface area (Å²) >= 11 is 5.26. The van der Waals surface area contributed by atoms with Crippen molar-refractivity contribution in [3.63, 3.8) is 0 Å². The van der Waals surface area contributed by atoms with Gasteiger partial charge in [-0.25, -0.2) is 9.45 Å². The van der Waals surface area contributed by atoms with Gasteiger partial charge in [0.15, 0.2) is 0 Å². The van der Waals surface area contributed by atoms with Crippen LogP contribution in [0.2, 0.25) is 0 Å². The van der Waals surface area contributed by atoms with Crippen molar-refractivity contribution < 1.29 is 23.4 Å². The molecule has 0 amide bonds. The monoisotopic (exact) mass is 259 g/mol. The molecule has 0 saturated heterocycles. The number of unbranched alkanes of at least 4 members (excludes halogenated alkanes) is 1. The molecule has 2 unspecified atom stereocenters. The molecule has 90 valence electrons. The van der Waals surface area contributed by atoms with E-state index < -0.39 is 19.0 Å². The molecule has 15 heavy (non-hydrogen) atoms. The van der Waals surface area contributed by atoms with Crippen molar-refractivity contribution >= 4 is 24.2 Å². The average Bonchev–Trinajstić information content (AvgIpc) is 2.11. The lowest BCUT2D eigenvalue weighted by Gasteiger charge is -2.11. The van der Waals surface area contributed by atoms with E-state index in [9.17, 15) is 9.36 Å². The van der Waals surface area contributed by atoms with Gasteiger partial charge in [0.05, 0.1) is 6.61 Å². The molecule has 0 aromatic carbocycles. The summed E-state index contributed by atoms with van der Waals surface area (Å²) in [6, 6.07) is -0.920. The molecule has 0 bridgehead atoms. The van der Waals surface area contributed by atoms with Gasteiger partial charge in [-0.3, -0.25) is 4.79 Å². The van der Waals surface area contributed by atoms with E-state index in [-0.39, 0.29) is 6.61 Å². The summed E-state index contributed by atoms with van der Waals surface area (Å²) in [6.07, 6.45) is 1.60. The van der Waals surface area contributed by atoms with Crippen molar-refractivity contribution in [3.8, 4) is 0 Å². The molecule has 0 aliphatic carbocycles. The summed E-state index contributed by atoms with van der Waals surface area (Å²) in [5.41, 5.74) is 5.17. The summed E-state index contributed by atoms with van der Waals surface area (Å²) < 4.78 is 19.8. The molecule has 0 heterocycles. The molecule has 0 fully saturated rings. The van der Waals surface area contributed by atoms with E-state index in [4.69, 9.17) is 17.0 Å². The van der Waals surface area contributed by atoms with Gasteiger partial charge in [-0.05, 0) is 13.3 Å². The third-order valence-corrected chi connectivity index (χ3v) is 2.35. The highest BCUT2D eigenvalue weighted by Crippen LogP contribution is 2.53. The van der Waals surface area contributed by atoms with Gasteiger partial charge >= 0.3 is 12.9 Å². The van der Waals surface area contributed by atoms with Gasteiger partial charge in [0.25, 0.3) is 0 Å². The standard InChI is InChI=1S/C7H15ClNO5P/c1-3-4-5-12-14-15(8,11)13-7(10)6(2)9/h6H,3-5,9H2,1-2H3. The molecule has 2 atom stereocenters. The van der Waals surface area contributed by atoms with E-state index in [1.807, 2.05) is 6.92 Å². The fourth-order valence-corrected chi connectivity index (χ4v) is 1.44. The first-order valence-corrected chi connectivity index (χ1v) is 6.93. The minimum absolute atomic E-state index is 0.225. The molecule has 0 aromatic heterocycles. The Balaban J connectivity index is 3.87. The molecule has 0 radical (unpaired) electrons. The molecule has 0 aliphatic rings. The van der Waals surface area contributed by atoms with Gasteiger partial charge in [0, 0.05) is 11.2 Å². The summed E-state index contributed by atoms with van der Waals surface area (Å²) in [4.78, 5) is 15.4. The Kier molecular flexibility index (Phi) is 7.13. The predicted molar refractivity (Wildman–Crippen MR) is 55.1 cm³/mol. The summed E-state index contributed by atoms with van der Waals surface area (Å²) in [6.45, 7) is -0.481. The molecule has 8 heteroatoms. The van der Waals surface area contributed by atoms with Crippen LogP contribution in [0, 0.1) is 0 Å². The zero-order valence-electron chi connectivity index (χ0n) is 8.64. The SMILES string of the molecule is CCCCOOP(=O)(Cl)OC(=O)C(C)N. The number of hydrogen-bond acceptors (Lipinski definition) is 6. The maximum atomic E-state index is 11.2. The lowest BCUT2D eigenvalue weighted by atomic mass is 10.4. The molecule has 0 aromatic rings. The van der Waals surface area contributed by atoms with Gasteiger partial charge in [-0.2, -0.15) is 0 Å². The van der Waals surface area contributed by atoms with Crippen molar-refractivity contribution in [2.24, 2.45) is 5.73 Å². The molecule has 0 rings (SSSR count). The van der Waals surface area contributed by atoms with Crippen molar-refractivity contribution in [2.45, 2.75) is 32.7 Å². The zero-order valence-corrected chi connectivity index (χ0v) is 10.3. The highest BCUT2D eigenvalue weighted by Gasteiger charge is 2.28. The van der Waals surface area contributed by atoms with Gasteiger partial charge < -0.3 is 10.3 Å². The number of rotatable bonds is 7. The zero-order chi connectivity index (χ0) is 11.9. The number of nitrogens with two attached hydrogens (primary N) is 1. The van der Waals surface area contributed by atoms with E-state index in [0.717, 1.165) is 12.8 Å². The first-order valence-electron chi connectivity index (χ1n) is 4.49. The minimum Gasteiger partial charge on any atom is -0.378 e. The largest absolute Gasteiger partial charge is 0.505 e. The topological polar surface area (TPSA) is 87.9 Å². The van der Waals surface area contributed by atoms with Crippen LogP contribution in [0.25, 0.3) is 0 Å². The van der Waals surface area contributed by atoms with Crippen LogP contribution in [0.1, 0.15) is 26.7 Å². The smallest absolute Gasteiger partial charge is 0.378 e. The van der Waals surface area contributed by atoms with Crippen LogP contribution in [0.15, 0.2) is 0 Å². The summed E-state index contributed by atoms with van der Waals surface area (Å²) in [7, 11) is 0. The third-order valence-electron chi connectivity index (χ3n) is 1.29. The highest BCUT2D eigenvalue weighted by atomic mass is 35.7. The van der Waals surface area contributed by atoms with Crippen molar-refractivity contribution in [2.75, 3.05) is 6.61 Å². The molecular formula is C7H15ClNO5P. The maximum absolute atomic E-state index is 11.2. The first kappa shape index (κ1) is 14.9. The molecular weight excluding hydrogens is 245 g/mol. The van der Waals surface area contributed by atoms with Crippen molar-refractivity contribution in [1.29, 1.82) is 0 Å². The van der Waals surface area contributed by atoms with Gasteiger partial charge in [-0.15, -0.1) is 4.67 Å². The second-order valence-corrected chi connectivity index (χ2v) is 5.31. The van der Waals surface area contributed by atoms with Gasteiger partial charge in [0.2, 0.25) is 0 Å². The second kappa shape index (κ2) is 7.19. The lowest BCUT2D eigenvalue weighted by Crippen LogP contribution is -2.27. The molecule has 0 aliphatic heterocycles. The molecule has 2 N–H and O–H groups in total. The van der Waals surface area contributed by atoms with Gasteiger partial charge in [0.1, 0.15) is 6.04 Å².